The van der Waals surface area contributed by atoms with Crippen LogP contribution < -0.4 is 10.0 Å². The van der Waals surface area contributed by atoms with Crippen LogP contribution in [-0.4, -0.2) is 24.4 Å². The molecule has 8 heteroatoms. The molecular formula is C9H12N4O3S. The van der Waals surface area contributed by atoms with Crippen molar-refractivity contribution >= 4 is 22.0 Å². The molecule has 1 aromatic rings. The summed E-state index contributed by atoms with van der Waals surface area (Å²) in [6.45, 7) is 6.53. The number of anilines is 1. The lowest BCUT2D eigenvalue weighted by molar-refractivity contribution is 0.256. The molecule has 92 valence electrons. The van der Waals surface area contributed by atoms with E-state index in [-0.39, 0.29) is 5.95 Å². The second kappa shape index (κ2) is 4.91. The quantitative estimate of drug-likeness (QED) is 0.828. The van der Waals surface area contributed by atoms with E-state index in [0.717, 1.165) is 0 Å². The number of hydrogen-bond acceptors (Lipinski definition) is 5. The normalized spacial score (nSPS) is 10.7. The average molecular weight is 256 g/mol. The molecule has 1 heterocycles. The van der Waals surface area contributed by atoms with Gasteiger partial charge in [-0.3, -0.25) is 5.32 Å². The summed E-state index contributed by atoms with van der Waals surface area (Å²) in [7, 11) is -3.81. The Labute approximate surface area is 99.0 Å². The van der Waals surface area contributed by atoms with Crippen molar-refractivity contribution in [2.45, 2.75) is 13.8 Å². The fourth-order valence-electron chi connectivity index (χ4n) is 1.08. The van der Waals surface area contributed by atoms with Crippen molar-refractivity contribution < 1.29 is 13.2 Å². The van der Waals surface area contributed by atoms with Crippen molar-refractivity contribution in [1.82, 2.24) is 14.7 Å². The van der Waals surface area contributed by atoms with Crippen LogP contribution in [0.2, 0.25) is 0 Å². The van der Waals surface area contributed by atoms with E-state index >= 15 is 0 Å². The Morgan fingerprint density at radius 3 is 2.35 bits per heavy atom. The van der Waals surface area contributed by atoms with E-state index in [0.29, 0.717) is 16.8 Å². The van der Waals surface area contributed by atoms with Crippen molar-refractivity contribution in [2.24, 2.45) is 0 Å². The van der Waals surface area contributed by atoms with Gasteiger partial charge in [-0.2, -0.15) is 0 Å². The largest absolute Gasteiger partial charge is 0.335 e. The average Bonchev–Trinajstić information content (AvgIpc) is 2.14. The lowest BCUT2D eigenvalue weighted by atomic mass is 10.4. The number of amides is 2. The zero-order valence-corrected chi connectivity index (χ0v) is 10.2. The van der Waals surface area contributed by atoms with E-state index in [1.165, 1.54) is 0 Å². The Kier molecular flexibility index (Phi) is 3.79. The maximum absolute atomic E-state index is 11.3. The lowest BCUT2D eigenvalue weighted by Gasteiger charge is -2.05. The summed E-state index contributed by atoms with van der Waals surface area (Å²) in [5.41, 5.74) is 1.33. The number of rotatable bonds is 3. The summed E-state index contributed by atoms with van der Waals surface area (Å²) in [5, 5.41) is 2.85. The third-order valence-corrected chi connectivity index (χ3v) is 2.57. The van der Waals surface area contributed by atoms with E-state index < -0.39 is 16.1 Å². The maximum Gasteiger partial charge on any atom is 0.335 e. The number of aromatic nitrogens is 2. The minimum atomic E-state index is -3.81. The van der Waals surface area contributed by atoms with Crippen LogP contribution in [0.5, 0.6) is 0 Å². The van der Waals surface area contributed by atoms with Crippen LogP contribution in [0, 0.1) is 13.8 Å². The van der Waals surface area contributed by atoms with Gasteiger partial charge in [-0.15, -0.1) is 0 Å². The fourth-order valence-corrected chi connectivity index (χ4v) is 1.47. The Balaban J connectivity index is 2.78. The molecule has 0 bridgehead atoms. The molecule has 0 aliphatic rings. The standard InChI is InChI=1S/C9H12N4O3S/c1-4-17(15,16)13-9(14)12-8-10-6(2)5-7(3)11-8/h4-5H,1H2,2-3H3,(H2,10,11,12,13,14). The summed E-state index contributed by atoms with van der Waals surface area (Å²) >= 11 is 0. The van der Waals surface area contributed by atoms with Crippen LogP contribution in [0.4, 0.5) is 10.7 Å². The van der Waals surface area contributed by atoms with Gasteiger partial charge >= 0.3 is 6.03 Å². The van der Waals surface area contributed by atoms with E-state index in [9.17, 15) is 13.2 Å². The summed E-state index contributed by atoms with van der Waals surface area (Å²) in [6, 6.07) is 0.790. The monoisotopic (exact) mass is 256 g/mol. The molecule has 0 spiro atoms. The maximum atomic E-state index is 11.3. The van der Waals surface area contributed by atoms with Crippen LogP contribution >= 0.6 is 0 Å². The predicted molar refractivity (Wildman–Crippen MR) is 62.8 cm³/mol. The molecule has 1 rings (SSSR count). The smallest absolute Gasteiger partial charge is 0.275 e. The SMILES string of the molecule is C=CS(=O)(=O)NC(=O)Nc1nc(C)cc(C)n1. The number of nitrogens with one attached hydrogen (secondary N) is 2. The number of nitrogens with zero attached hydrogens (tertiary/aromatic N) is 2. The van der Waals surface area contributed by atoms with Crippen molar-refractivity contribution in [3.05, 3.63) is 29.4 Å². The van der Waals surface area contributed by atoms with Gasteiger partial charge in [0, 0.05) is 16.8 Å². The Morgan fingerprint density at radius 2 is 1.88 bits per heavy atom. The van der Waals surface area contributed by atoms with Crippen molar-refractivity contribution in [1.29, 1.82) is 0 Å². The molecule has 2 amide bonds. The van der Waals surface area contributed by atoms with Gasteiger partial charge in [0.05, 0.1) is 0 Å². The number of hydrogen-bond donors (Lipinski definition) is 2. The number of carbonyl (C=O) groups is 1. The Bertz CT molecular complexity index is 533. The van der Waals surface area contributed by atoms with Crippen molar-refractivity contribution in [2.75, 3.05) is 5.32 Å². The first-order valence-corrected chi connectivity index (χ1v) is 6.15. The molecule has 17 heavy (non-hydrogen) atoms. The van der Waals surface area contributed by atoms with E-state index in [2.05, 4.69) is 21.9 Å². The minimum absolute atomic E-state index is 0.0410. The minimum Gasteiger partial charge on any atom is -0.275 e. The van der Waals surface area contributed by atoms with Crippen LogP contribution in [0.25, 0.3) is 0 Å². The molecule has 0 atom stereocenters. The molecule has 0 saturated carbocycles. The highest BCUT2D eigenvalue weighted by atomic mass is 32.2. The zero-order valence-electron chi connectivity index (χ0n) is 9.39. The van der Waals surface area contributed by atoms with E-state index in [1.807, 2.05) is 0 Å². The molecule has 0 saturated heterocycles. The molecule has 0 unspecified atom stereocenters. The van der Waals surface area contributed by atoms with Gasteiger partial charge in [-0.1, -0.05) is 6.58 Å². The van der Waals surface area contributed by atoms with Gasteiger partial charge in [0.15, 0.2) is 0 Å². The lowest BCUT2D eigenvalue weighted by Crippen LogP contribution is -2.33. The van der Waals surface area contributed by atoms with Gasteiger partial charge in [0.1, 0.15) is 0 Å². The topological polar surface area (TPSA) is 101 Å². The highest BCUT2D eigenvalue weighted by Gasteiger charge is 2.11. The predicted octanol–water partition coefficient (Wildman–Crippen LogP) is 0.688. The van der Waals surface area contributed by atoms with Crippen LogP contribution in [0.3, 0.4) is 0 Å². The zero-order chi connectivity index (χ0) is 13.1. The summed E-state index contributed by atoms with van der Waals surface area (Å²) in [5.74, 6) is 0.0410. The van der Waals surface area contributed by atoms with Crippen LogP contribution in [0.15, 0.2) is 18.1 Å². The van der Waals surface area contributed by atoms with E-state index in [4.69, 9.17) is 0 Å². The van der Waals surface area contributed by atoms with Crippen LogP contribution in [-0.2, 0) is 10.0 Å². The molecule has 0 aliphatic carbocycles. The molecule has 0 aromatic carbocycles. The summed E-state index contributed by atoms with van der Waals surface area (Å²) < 4.78 is 23.7. The second-order valence-electron chi connectivity index (χ2n) is 3.24. The van der Waals surface area contributed by atoms with Crippen molar-refractivity contribution in [3.8, 4) is 0 Å². The fraction of sp³-hybridized carbons (Fsp3) is 0.222. The van der Waals surface area contributed by atoms with Crippen molar-refractivity contribution in [3.63, 3.8) is 0 Å². The number of urea groups is 1. The van der Waals surface area contributed by atoms with Gasteiger partial charge < -0.3 is 0 Å². The Morgan fingerprint density at radius 1 is 1.35 bits per heavy atom. The Hall–Kier alpha value is -1.96. The summed E-state index contributed by atoms with van der Waals surface area (Å²) in [6.07, 6.45) is 0. The third kappa shape index (κ3) is 4.19. The van der Waals surface area contributed by atoms with Gasteiger partial charge in [-0.25, -0.2) is 27.9 Å². The first kappa shape index (κ1) is 13.1. The highest BCUT2D eigenvalue weighted by Crippen LogP contribution is 2.03. The van der Waals surface area contributed by atoms with Crippen LogP contribution in [0.1, 0.15) is 11.4 Å². The molecule has 0 fully saturated rings. The highest BCUT2D eigenvalue weighted by molar-refractivity contribution is 7.92. The first-order chi connectivity index (χ1) is 7.82. The van der Waals surface area contributed by atoms with E-state index in [1.54, 1.807) is 24.6 Å². The molecule has 1 aromatic heterocycles. The number of aryl methyl sites for hydroxylation is 2. The van der Waals surface area contributed by atoms with Gasteiger partial charge in [0.25, 0.3) is 10.0 Å². The second-order valence-corrected chi connectivity index (χ2v) is 4.87. The molecule has 0 aliphatic heterocycles. The molecule has 7 nitrogen and oxygen atoms in total. The number of sulfonamides is 1. The number of carbonyl (C=O) groups excluding carboxylic acids is 1. The third-order valence-electron chi connectivity index (χ3n) is 1.66. The molecule has 2 N–H and O–H groups in total. The van der Waals surface area contributed by atoms with Gasteiger partial charge in [0.2, 0.25) is 5.95 Å². The van der Waals surface area contributed by atoms with Gasteiger partial charge in [-0.05, 0) is 19.9 Å². The molecule has 0 radical (unpaired) electrons. The summed E-state index contributed by atoms with van der Waals surface area (Å²) in [4.78, 5) is 19.1. The molecular weight excluding hydrogens is 244 g/mol. The first-order valence-electron chi connectivity index (χ1n) is 4.61.